The molecule has 1 aliphatic rings. The zero-order valence-electron chi connectivity index (χ0n) is 16.2. The van der Waals surface area contributed by atoms with E-state index in [-0.39, 0.29) is 5.78 Å². The molecule has 0 saturated heterocycles. The van der Waals surface area contributed by atoms with Gasteiger partial charge in [0.2, 0.25) is 11.5 Å². The minimum atomic E-state index is -0.109. The number of ether oxygens (including phenoxy) is 4. The van der Waals surface area contributed by atoms with E-state index in [1.165, 1.54) is 7.11 Å². The lowest BCUT2D eigenvalue weighted by molar-refractivity contribution is 0.0957. The van der Waals surface area contributed by atoms with Crippen LogP contribution in [0.4, 0.5) is 0 Å². The molecule has 0 bridgehead atoms. The lowest BCUT2D eigenvalue weighted by atomic mass is 9.87. The van der Waals surface area contributed by atoms with Gasteiger partial charge in [0.25, 0.3) is 0 Å². The number of methoxy groups -OCH3 is 4. The van der Waals surface area contributed by atoms with Crippen molar-refractivity contribution in [2.24, 2.45) is 0 Å². The summed E-state index contributed by atoms with van der Waals surface area (Å²) in [6.45, 7) is 0. The molecular formula is C23H20O5. The van der Waals surface area contributed by atoms with Crippen LogP contribution >= 0.6 is 0 Å². The molecule has 1 aliphatic carbocycles. The Morgan fingerprint density at radius 3 is 2.07 bits per heavy atom. The first-order chi connectivity index (χ1) is 13.6. The number of allylic oxidation sites excluding steroid dienone is 1. The summed E-state index contributed by atoms with van der Waals surface area (Å²) < 4.78 is 21.7. The number of ketones is 1. The fourth-order valence-electron chi connectivity index (χ4n) is 3.72. The first-order valence-corrected chi connectivity index (χ1v) is 8.79. The minimum Gasteiger partial charge on any atom is -0.493 e. The molecule has 0 saturated carbocycles. The van der Waals surface area contributed by atoms with Crippen molar-refractivity contribution in [1.82, 2.24) is 0 Å². The van der Waals surface area contributed by atoms with Gasteiger partial charge in [-0.3, -0.25) is 4.79 Å². The maximum atomic E-state index is 12.7. The largest absolute Gasteiger partial charge is 0.493 e. The van der Waals surface area contributed by atoms with Crippen LogP contribution in [0, 0.1) is 0 Å². The van der Waals surface area contributed by atoms with Gasteiger partial charge < -0.3 is 18.9 Å². The summed E-state index contributed by atoms with van der Waals surface area (Å²) in [7, 11) is 6.27. The molecule has 0 unspecified atom stereocenters. The smallest absolute Gasteiger partial charge is 0.228 e. The number of Topliss-reactive ketones (excluding diaryl/α,β-unsaturated/α-hetero) is 1. The summed E-state index contributed by atoms with van der Waals surface area (Å²) in [6.07, 6.45) is 1.79. The van der Waals surface area contributed by atoms with Crippen molar-refractivity contribution in [2.45, 2.75) is 0 Å². The molecule has 142 valence electrons. The first-order valence-electron chi connectivity index (χ1n) is 8.79. The van der Waals surface area contributed by atoms with E-state index >= 15 is 0 Å². The minimum absolute atomic E-state index is 0.109. The summed E-state index contributed by atoms with van der Waals surface area (Å²) in [5.41, 5.74) is 3.48. The third-order valence-corrected chi connectivity index (χ3v) is 5.02. The molecule has 28 heavy (non-hydrogen) atoms. The Morgan fingerprint density at radius 2 is 1.46 bits per heavy atom. The highest BCUT2D eigenvalue weighted by Crippen LogP contribution is 2.44. The van der Waals surface area contributed by atoms with E-state index in [1.54, 1.807) is 27.4 Å². The van der Waals surface area contributed by atoms with Crippen LogP contribution < -0.4 is 14.2 Å². The second-order valence-corrected chi connectivity index (χ2v) is 6.39. The van der Waals surface area contributed by atoms with Gasteiger partial charge in [0.1, 0.15) is 0 Å². The van der Waals surface area contributed by atoms with Crippen LogP contribution in [0.3, 0.4) is 0 Å². The number of carbonyl (C=O) groups is 1. The van der Waals surface area contributed by atoms with E-state index in [4.69, 9.17) is 18.9 Å². The van der Waals surface area contributed by atoms with Gasteiger partial charge in [-0.1, -0.05) is 30.3 Å². The summed E-state index contributed by atoms with van der Waals surface area (Å²) in [5, 5.41) is 1.89. The molecule has 0 radical (unpaired) electrons. The van der Waals surface area contributed by atoms with E-state index in [1.807, 2.05) is 42.5 Å². The van der Waals surface area contributed by atoms with Gasteiger partial charge in [0.15, 0.2) is 17.3 Å². The van der Waals surface area contributed by atoms with Gasteiger partial charge in [0.05, 0.1) is 28.4 Å². The number of hydrogen-bond acceptors (Lipinski definition) is 5. The van der Waals surface area contributed by atoms with E-state index < -0.39 is 0 Å². The highest BCUT2D eigenvalue weighted by atomic mass is 16.5. The maximum absolute atomic E-state index is 12.7. The average molecular weight is 376 g/mol. The normalized spacial score (nSPS) is 12.6. The summed E-state index contributed by atoms with van der Waals surface area (Å²) in [5.74, 6) is 1.94. The average Bonchev–Trinajstić information content (AvgIpc) is 2.74. The molecule has 4 rings (SSSR count). The number of hydrogen-bond donors (Lipinski definition) is 0. The van der Waals surface area contributed by atoms with Crippen molar-refractivity contribution in [2.75, 3.05) is 28.4 Å². The van der Waals surface area contributed by atoms with Crippen molar-refractivity contribution < 1.29 is 23.7 Å². The summed E-state index contributed by atoms with van der Waals surface area (Å²) in [4.78, 5) is 12.7. The van der Waals surface area contributed by atoms with Crippen molar-refractivity contribution in [1.29, 1.82) is 0 Å². The lowest BCUT2D eigenvalue weighted by Crippen LogP contribution is -2.10. The van der Waals surface area contributed by atoms with Crippen LogP contribution in [0.15, 0.2) is 48.2 Å². The molecule has 0 heterocycles. The zero-order valence-corrected chi connectivity index (χ0v) is 16.2. The Morgan fingerprint density at radius 1 is 0.750 bits per heavy atom. The van der Waals surface area contributed by atoms with Crippen LogP contribution in [0.5, 0.6) is 17.2 Å². The predicted octanol–water partition coefficient (Wildman–Crippen LogP) is 4.72. The van der Waals surface area contributed by atoms with Gasteiger partial charge in [-0.2, -0.15) is 0 Å². The van der Waals surface area contributed by atoms with Gasteiger partial charge in [-0.15, -0.1) is 0 Å². The second-order valence-electron chi connectivity index (χ2n) is 6.39. The maximum Gasteiger partial charge on any atom is 0.228 e. The Kier molecular flexibility index (Phi) is 4.43. The fraction of sp³-hybridized carbons (Fsp3) is 0.174. The van der Waals surface area contributed by atoms with Crippen molar-refractivity contribution in [3.63, 3.8) is 0 Å². The van der Waals surface area contributed by atoms with Gasteiger partial charge in [0, 0.05) is 10.9 Å². The molecule has 0 spiro atoms. The van der Waals surface area contributed by atoms with E-state index in [0.29, 0.717) is 28.6 Å². The third kappa shape index (κ3) is 2.59. The standard InChI is InChI=1S/C23H20O5/c1-25-18-10-13-8-9-15(16-6-5-7-17(21(13)16)22(18)24)14-11-19(26-2)23(28-4)20(12-14)27-3/h5-12H,1-4H3. The quantitative estimate of drug-likeness (QED) is 0.645. The van der Waals surface area contributed by atoms with Gasteiger partial charge in [-0.25, -0.2) is 0 Å². The molecule has 5 heteroatoms. The molecular weight excluding hydrogens is 356 g/mol. The van der Waals surface area contributed by atoms with Crippen LogP contribution in [0.1, 0.15) is 15.9 Å². The van der Waals surface area contributed by atoms with Crippen LogP contribution in [-0.2, 0) is 4.74 Å². The molecule has 0 N–H and O–H groups in total. The highest BCUT2D eigenvalue weighted by molar-refractivity contribution is 6.23. The number of benzene rings is 3. The Hall–Kier alpha value is -3.47. The Labute approximate surface area is 163 Å². The van der Waals surface area contributed by atoms with Crippen LogP contribution in [0.25, 0.3) is 28.0 Å². The van der Waals surface area contributed by atoms with Crippen molar-refractivity contribution in [3.8, 4) is 28.4 Å². The second kappa shape index (κ2) is 6.93. The van der Waals surface area contributed by atoms with E-state index in [0.717, 1.165) is 27.5 Å². The zero-order chi connectivity index (χ0) is 19.8. The van der Waals surface area contributed by atoms with Crippen LogP contribution in [0.2, 0.25) is 0 Å². The Bertz CT molecular complexity index is 1100. The van der Waals surface area contributed by atoms with E-state index in [9.17, 15) is 4.79 Å². The summed E-state index contributed by atoms with van der Waals surface area (Å²) >= 11 is 0. The van der Waals surface area contributed by atoms with Crippen LogP contribution in [-0.4, -0.2) is 34.2 Å². The third-order valence-electron chi connectivity index (χ3n) is 5.02. The highest BCUT2D eigenvalue weighted by Gasteiger charge is 2.24. The topological polar surface area (TPSA) is 54.0 Å². The van der Waals surface area contributed by atoms with Crippen molar-refractivity contribution >= 4 is 22.6 Å². The molecule has 0 aromatic heterocycles. The monoisotopic (exact) mass is 376 g/mol. The van der Waals surface area contributed by atoms with Crippen molar-refractivity contribution in [3.05, 3.63) is 59.4 Å². The molecule has 0 fully saturated rings. The van der Waals surface area contributed by atoms with E-state index in [2.05, 4.69) is 0 Å². The summed E-state index contributed by atoms with van der Waals surface area (Å²) in [6, 6.07) is 13.6. The molecule has 0 atom stereocenters. The number of carbonyl (C=O) groups excluding carboxylic acids is 1. The molecule has 3 aromatic rings. The molecule has 5 nitrogen and oxygen atoms in total. The van der Waals surface area contributed by atoms with Gasteiger partial charge in [-0.05, 0) is 40.3 Å². The van der Waals surface area contributed by atoms with Gasteiger partial charge >= 0.3 is 0 Å². The lowest BCUT2D eigenvalue weighted by Gasteiger charge is -2.19. The fourth-order valence-corrected chi connectivity index (χ4v) is 3.72. The molecule has 0 amide bonds. The molecule has 3 aromatic carbocycles. The first kappa shape index (κ1) is 17.9. The number of rotatable bonds is 5. The molecule has 0 aliphatic heterocycles. The Balaban J connectivity index is 2.01. The predicted molar refractivity (Wildman–Crippen MR) is 108 cm³/mol. The SMILES string of the molecule is COC1=Cc2ccc(-c3cc(OC)c(OC)c(OC)c3)c3cccc(c23)C1=O.